The van der Waals surface area contributed by atoms with Crippen LogP contribution >= 0.6 is 0 Å². The summed E-state index contributed by atoms with van der Waals surface area (Å²) in [7, 11) is 0. The minimum Gasteiger partial charge on any atom is -0.871 e. The average Bonchev–Trinajstić information content (AvgIpc) is 3.44. The minimum absolute atomic E-state index is 0. The van der Waals surface area contributed by atoms with Crippen LogP contribution in [0.25, 0.3) is 112 Å². The summed E-state index contributed by atoms with van der Waals surface area (Å²) in [5.41, 5.74) is 10.7. The Balaban J connectivity index is 0.000000437. The third kappa shape index (κ3) is 11.2. The molecule has 0 N–H and O–H groups in total. The standard InChI is InChI=1S/C52H34N6.C9H7NO.CH3.2Li/c1-5-13-38(14-6-1)47-53-48(39-15-7-2-8-16-39)56-51(55-47)42-27-21-35(22-28-42)44-31-25-37-26-32-45(34-46(37)33-44)36-23-29-43(30-24-36)52-57-49(40-17-9-3-10-18-40)54-50(58-52)41-19-11-4-12-20-41;11-8-5-1-3-7-4-2-6-10-9(7)8;;;/h1-34H;1-6,11H;1H3;;/q;;-1;2*+1/p-1. The van der Waals surface area contributed by atoms with Gasteiger partial charge in [-0.1, -0.05) is 224 Å². The van der Waals surface area contributed by atoms with Crippen molar-refractivity contribution in [1.82, 2.24) is 34.9 Å². The van der Waals surface area contributed by atoms with E-state index in [1.807, 2.05) is 140 Å². The van der Waals surface area contributed by atoms with Crippen molar-refractivity contribution in [2.75, 3.05) is 0 Å². The Morgan fingerprint density at radius 2 is 0.556 bits per heavy atom. The molecule has 10 heteroatoms. The Morgan fingerprint density at radius 3 is 0.903 bits per heavy atom. The molecule has 8 nitrogen and oxygen atoms in total. The molecule has 72 heavy (non-hydrogen) atoms. The molecule has 12 aromatic rings. The molecule has 0 fully saturated rings. The fraction of sp³-hybridized carbons (Fsp3) is 0. The predicted molar refractivity (Wildman–Crippen MR) is 282 cm³/mol. The van der Waals surface area contributed by atoms with Gasteiger partial charge in [0.2, 0.25) is 0 Å². The molecule has 3 heterocycles. The number of pyridine rings is 1. The number of aromatic nitrogens is 7. The molecule has 0 radical (unpaired) electrons. The molecule has 0 amide bonds. The van der Waals surface area contributed by atoms with Crippen molar-refractivity contribution >= 4 is 21.7 Å². The zero-order valence-corrected chi connectivity index (χ0v) is 40.1. The van der Waals surface area contributed by atoms with E-state index < -0.39 is 0 Å². The fourth-order valence-corrected chi connectivity index (χ4v) is 8.18. The number of para-hydroxylation sites is 1. The molecule has 334 valence electrons. The predicted octanol–water partition coefficient (Wildman–Crippen LogP) is 8.31. The molecule has 0 bridgehead atoms. The maximum atomic E-state index is 11.1. The second kappa shape index (κ2) is 23.1. The number of rotatable bonds is 8. The van der Waals surface area contributed by atoms with Crippen molar-refractivity contribution < 1.29 is 42.8 Å². The van der Waals surface area contributed by atoms with Gasteiger partial charge in [0.15, 0.2) is 34.9 Å². The molecule has 0 saturated carbocycles. The van der Waals surface area contributed by atoms with Crippen LogP contribution in [0.3, 0.4) is 0 Å². The Bertz CT molecular complexity index is 3390. The monoisotopic (exact) mass is 915 g/mol. The summed E-state index contributed by atoms with van der Waals surface area (Å²) < 4.78 is 0. The zero-order valence-electron chi connectivity index (χ0n) is 40.1. The van der Waals surface area contributed by atoms with Crippen LogP contribution in [0.1, 0.15) is 0 Å². The maximum Gasteiger partial charge on any atom is 1.00 e. The van der Waals surface area contributed by atoms with E-state index in [4.69, 9.17) is 29.9 Å². The Morgan fingerprint density at radius 1 is 0.250 bits per heavy atom. The van der Waals surface area contributed by atoms with Gasteiger partial charge in [0.25, 0.3) is 0 Å². The van der Waals surface area contributed by atoms with Crippen LogP contribution in [0, 0.1) is 7.43 Å². The van der Waals surface area contributed by atoms with Gasteiger partial charge in [0.1, 0.15) is 0 Å². The quantitative estimate of drug-likeness (QED) is 0.111. The summed E-state index contributed by atoms with van der Waals surface area (Å²) in [4.78, 5) is 33.3. The first-order valence-electron chi connectivity index (χ1n) is 22.6. The molecule has 0 aliphatic heterocycles. The van der Waals surface area contributed by atoms with Crippen molar-refractivity contribution in [1.29, 1.82) is 0 Å². The SMILES string of the molecule is [CH3-].[Li+].[Li+].[O-]c1cccc2cccnc12.c1ccc(-c2nc(-c3ccccc3)nc(-c3ccc(-c4ccc5ccc(-c6ccc(-c7nc(-c8ccccc8)nc(-c8ccccc8)n7)cc6)cc5c4)cc3)n2)cc1. The second-order valence-corrected chi connectivity index (χ2v) is 16.3. The van der Waals surface area contributed by atoms with Crippen LogP contribution in [-0.4, -0.2) is 34.9 Å². The summed E-state index contributed by atoms with van der Waals surface area (Å²) >= 11 is 0. The topological polar surface area (TPSA) is 113 Å². The van der Waals surface area contributed by atoms with Crippen LogP contribution < -0.4 is 42.8 Å². The summed E-state index contributed by atoms with van der Waals surface area (Å²) in [6.07, 6.45) is 1.63. The third-order valence-corrected chi connectivity index (χ3v) is 11.8. The Kier molecular flexibility index (Phi) is 16.0. The van der Waals surface area contributed by atoms with Crippen LogP contribution in [0.15, 0.2) is 243 Å². The van der Waals surface area contributed by atoms with Crippen molar-refractivity contribution in [3.8, 4) is 96.3 Å². The van der Waals surface area contributed by atoms with Gasteiger partial charge in [-0.3, -0.25) is 4.98 Å². The molecule has 0 unspecified atom stereocenters. The van der Waals surface area contributed by atoms with E-state index in [2.05, 4.69) is 89.9 Å². The van der Waals surface area contributed by atoms with Gasteiger partial charge in [-0.2, -0.15) is 0 Å². The molecular weight excluding hydrogens is 873 g/mol. The van der Waals surface area contributed by atoms with Crippen molar-refractivity contribution in [2.24, 2.45) is 0 Å². The molecular formula is C62H43Li2N7O. The molecule has 0 saturated heterocycles. The molecule has 0 aliphatic carbocycles. The summed E-state index contributed by atoms with van der Waals surface area (Å²) in [6.45, 7) is 0. The van der Waals surface area contributed by atoms with Crippen LogP contribution in [-0.2, 0) is 0 Å². The number of nitrogens with zero attached hydrogens (tertiary/aromatic N) is 7. The minimum atomic E-state index is -0.0110. The second-order valence-electron chi connectivity index (χ2n) is 16.3. The third-order valence-electron chi connectivity index (χ3n) is 11.8. The fourth-order valence-electron chi connectivity index (χ4n) is 8.18. The van der Waals surface area contributed by atoms with E-state index >= 15 is 0 Å². The first-order valence-corrected chi connectivity index (χ1v) is 22.6. The number of hydrogen-bond donors (Lipinski definition) is 0. The van der Waals surface area contributed by atoms with E-state index in [1.54, 1.807) is 12.3 Å². The Hall–Kier alpha value is -8.34. The largest absolute Gasteiger partial charge is 1.00 e. The summed E-state index contributed by atoms with van der Waals surface area (Å²) in [5, 5.41) is 14.4. The summed E-state index contributed by atoms with van der Waals surface area (Å²) in [6, 6.07) is 79.2. The normalized spacial score (nSPS) is 10.5. The van der Waals surface area contributed by atoms with E-state index in [0.717, 1.165) is 66.4 Å². The number of fused-ring (bicyclic) bond motifs is 2. The van der Waals surface area contributed by atoms with Gasteiger partial charge >= 0.3 is 37.7 Å². The van der Waals surface area contributed by atoms with Crippen molar-refractivity contribution in [3.63, 3.8) is 0 Å². The smallest absolute Gasteiger partial charge is 0.871 e. The van der Waals surface area contributed by atoms with Crippen molar-refractivity contribution in [3.05, 3.63) is 250 Å². The molecule has 0 atom stereocenters. The van der Waals surface area contributed by atoms with Crippen LogP contribution in [0.5, 0.6) is 5.75 Å². The van der Waals surface area contributed by atoms with Gasteiger partial charge < -0.3 is 12.5 Å². The van der Waals surface area contributed by atoms with Gasteiger partial charge in [0, 0.05) is 39.6 Å². The van der Waals surface area contributed by atoms with Gasteiger partial charge in [-0.05, 0) is 56.6 Å². The molecule has 9 aromatic carbocycles. The van der Waals surface area contributed by atoms with Crippen LogP contribution in [0.2, 0.25) is 0 Å². The zero-order chi connectivity index (χ0) is 46.4. The first kappa shape index (κ1) is 50.1. The molecule has 0 spiro atoms. The molecule has 3 aromatic heterocycles. The van der Waals surface area contributed by atoms with E-state index in [0.29, 0.717) is 40.5 Å². The average molecular weight is 916 g/mol. The van der Waals surface area contributed by atoms with Gasteiger partial charge in [0.05, 0.1) is 5.52 Å². The Labute approximate surface area is 443 Å². The molecule has 0 aliphatic rings. The first-order chi connectivity index (χ1) is 34.1. The number of hydrogen-bond acceptors (Lipinski definition) is 8. The molecule has 12 rings (SSSR count). The summed E-state index contributed by atoms with van der Waals surface area (Å²) in [5.74, 6) is 3.85. The van der Waals surface area contributed by atoms with E-state index in [-0.39, 0.29) is 50.9 Å². The maximum absolute atomic E-state index is 11.1. The van der Waals surface area contributed by atoms with Crippen molar-refractivity contribution in [2.45, 2.75) is 0 Å². The van der Waals surface area contributed by atoms with E-state index in [1.165, 1.54) is 11.5 Å². The van der Waals surface area contributed by atoms with Gasteiger partial charge in [-0.25, -0.2) is 29.9 Å². The van der Waals surface area contributed by atoms with Crippen LogP contribution in [0.4, 0.5) is 0 Å². The number of benzene rings is 9. The van der Waals surface area contributed by atoms with E-state index in [9.17, 15) is 5.11 Å². The van der Waals surface area contributed by atoms with Gasteiger partial charge in [-0.15, -0.1) is 0 Å².